The molecule has 62 valence electrons. The molecule has 1 rings (SSSR count). The molecule has 0 fully saturated rings. The lowest BCUT2D eigenvalue weighted by Gasteiger charge is -1.90. The van der Waals surface area contributed by atoms with Gasteiger partial charge in [0.1, 0.15) is 0 Å². The molecule has 11 heavy (non-hydrogen) atoms. The van der Waals surface area contributed by atoms with Gasteiger partial charge in [0.15, 0.2) is 10.3 Å². The summed E-state index contributed by atoms with van der Waals surface area (Å²) in [6, 6.07) is 0. The van der Waals surface area contributed by atoms with E-state index in [0.717, 1.165) is 0 Å². The van der Waals surface area contributed by atoms with Crippen molar-refractivity contribution in [2.45, 2.75) is 19.9 Å². The molecule has 0 aliphatic rings. The number of aryl methyl sites for hydroxylation is 1. The Kier molecular flexibility index (Phi) is 2.53. The lowest BCUT2D eigenvalue weighted by atomic mass is 10.5. The van der Waals surface area contributed by atoms with E-state index in [-0.39, 0.29) is 10.3 Å². The van der Waals surface area contributed by atoms with Crippen LogP contribution in [0.15, 0.2) is 4.60 Å². The normalized spacial score (nSPS) is 11.0. The fraction of sp³-hybridized carbons (Fsp3) is 0.600. The van der Waals surface area contributed by atoms with Gasteiger partial charge in [-0.25, -0.2) is 8.78 Å². The van der Waals surface area contributed by atoms with Crippen LogP contribution in [0.4, 0.5) is 8.78 Å². The van der Waals surface area contributed by atoms with Crippen molar-refractivity contribution >= 4 is 15.9 Å². The summed E-state index contributed by atoms with van der Waals surface area (Å²) in [7, 11) is 0. The summed E-state index contributed by atoms with van der Waals surface area (Å²) in [6.07, 6.45) is -2.57. The molecule has 0 bridgehead atoms. The molecule has 0 aromatic carbocycles. The van der Waals surface area contributed by atoms with Crippen molar-refractivity contribution in [2.24, 2.45) is 0 Å². The molecule has 0 unspecified atom stereocenters. The fourth-order valence-electron chi connectivity index (χ4n) is 0.616. The monoisotopic (exact) mass is 225 g/mol. The van der Waals surface area contributed by atoms with Crippen molar-refractivity contribution in [3.8, 4) is 0 Å². The second-order valence-electron chi connectivity index (χ2n) is 1.87. The summed E-state index contributed by atoms with van der Waals surface area (Å²) in [4.78, 5) is 1.21. The fourth-order valence-corrected chi connectivity index (χ4v) is 1.05. The Labute approximate surface area is 70.5 Å². The SMILES string of the molecule is CCn1nc(Br)c(C(F)F)n1. The molecular weight excluding hydrogens is 220 g/mol. The molecule has 0 N–H and O–H groups in total. The minimum atomic E-state index is -2.57. The van der Waals surface area contributed by atoms with E-state index in [1.807, 2.05) is 0 Å². The Morgan fingerprint density at radius 2 is 2.18 bits per heavy atom. The van der Waals surface area contributed by atoms with E-state index in [0.29, 0.717) is 6.54 Å². The molecule has 0 saturated carbocycles. The first-order valence-electron chi connectivity index (χ1n) is 3.03. The lowest BCUT2D eigenvalue weighted by molar-refractivity contribution is 0.144. The first kappa shape index (κ1) is 8.58. The molecular formula is C5H6BrF2N3. The van der Waals surface area contributed by atoms with E-state index in [9.17, 15) is 8.78 Å². The average Bonchev–Trinajstić information content (AvgIpc) is 2.30. The molecule has 0 aliphatic heterocycles. The number of nitrogens with zero attached hydrogens (tertiary/aromatic N) is 3. The first-order valence-corrected chi connectivity index (χ1v) is 3.83. The molecule has 6 heteroatoms. The van der Waals surface area contributed by atoms with Gasteiger partial charge in [0.25, 0.3) is 6.43 Å². The maximum Gasteiger partial charge on any atom is 0.284 e. The van der Waals surface area contributed by atoms with Crippen LogP contribution in [0.1, 0.15) is 19.0 Å². The summed E-state index contributed by atoms with van der Waals surface area (Å²) in [5.41, 5.74) is -0.299. The van der Waals surface area contributed by atoms with Crippen LogP contribution in [0.2, 0.25) is 0 Å². The maximum atomic E-state index is 12.0. The highest BCUT2D eigenvalue weighted by molar-refractivity contribution is 9.10. The highest BCUT2D eigenvalue weighted by Gasteiger charge is 2.17. The number of hydrogen-bond donors (Lipinski definition) is 0. The molecule has 0 saturated heterocycles. The predicted octanol–water partition coefficient (Wildman–Crippen LogP) is 2.00. The second-order valence-corrected chi connectivity index (χ2v) is 2.62. The molecule has 0 spiro atoms. The molecule has 0 radical (unpaired) electrons. The van der Waals surface area contributed by atoms with Gasteiger partial charge in [0, 0.05) is 0 Å². The van der Waals surface area contributed by atoms with Gasteiger partial charge in [-0.15, -0.1) is 5.10 Å². The predicted molar refractivity (Wildman–Crippen MR) is 38.4 cm³/mol. The van der Waals surface area contributed by atoms with Crippen LogP contribution < -0.4 is 0 Å². The zero-order valence-corrected chi connectivity index (χ0v) is 7.35. The highest BCUT2D eigenvalue weighted by Crippen LogP contribution is 2.22. The van der Waals surface area contributed by atoms with Gasteiger partial charge in [-0.1, -0.05) is 0 Å². The van der Waals surface area contributed by atoms with Crippen molar-refractivity contribution in [3.63, 3.8) is 0 Å². The average molecular weight is 226 g/mol. The van der Waals surface area contributed by atoms with Crippen molar-refractivity contribution in [2.75, 3.05) is 0 Å². The summed E-state index contributed by atoms with van der Waals surface area (Å²) in [5.74, 6) is 0. The standard InChI is InChI=1S/C5H6BrF2N3/c1-2-11-9-3(5(7)8)4(6)10-11/h5H,2H2,1H3. The first-order chi connectivity index (χ1) is 5.15. The number of hydrogen-bond acceptors (Lipinski definition) is 2. The number of alkyl halides is 2. The maximum absolute atomic E-state index is 12.0. The van der Waals surface area contributed by atoms with Crippen LogP contribution in [0.25, 0.3) is 0 Å². The highest BCUT2D eigenvalue weighted by atomic mass is 79.9. The zero-order valence-electron chi connectivity index (χ0n) is 5.76. The van der Waals surface area contributed by atoms with Gasteiger partial charge in [-0.3, -0.25) is 0 Å². The zero-order chi connectivity index (χ0) is 8.43. The van der Waals surface area contributed by atoms with Crippen LogP contribution in [-0.4, -0.2) is 15.0 Å². The van der Waals surface area contributed by atoms with Crippen LogP contribution in [0.5, 0.6) is 0 Å². The number of halogens is 3. The van der Waals surface area contributed by atoms with E-state index in [1.54, 1.807) is 6.92 Å². The minimum absolute atomic E-state index is 0.120. The molecule has 1 aromatic heterocycles. The van der Waals surface area contributed by atoms with E-state index < -0.39 is 6.43 Å². The van der Waals surface area contributed by atoms with Crippen LogP contribution in [0, 0.1) is 0 Å². The molecule has 0 amide bonds. The topological polar surface area (TPSA) is 30.7 Å². The molecule has 0 aliphatic carbocycles. The largest absolute Gasteiger partial charge is 0.284 e. The van der Waals surface area contributed by atoms with Gasteiger partial charge in [0.05, 0.1) is 6.54 Å². The summed E-state index contributed by atoms with van der Waals surface area (Å²) in [5, 5.41) is 7.23. The van der Waals surface area contributed by atoms with Crippen molar-refractivity contribution in [1.82, 2.24) is 15.0 Å². The van der Waals surface area contributed by atoms with E-state index >= 15 is 0 Å². The summed E-state index contributed by atoms with van der Waals surface area (Å²) >= 11 is 2.88. The van der Waals surface area contributed by atoms with E-state index in [2.05, 4.69) is 26.1 Å². The second kappa shape index (κ2) is 3.25. The van der Waals surface area contributed by atoms with Gasteiger partial charge in [-0.2, -0.15) is 9.90 Å². The third-order valence-corrected chi connectivity index (χ3v) is 1.69. The minimum Gasteiger partial charge on any atom is -0.203 e. The quantitative estimate of drug-likeness (QED) is 0.771. The van der Waals surface area contributed by atoms with Gasteiger partial charge < -0.3 is 0 Å². The van der Waals surface area contributed by atoms with E-state index in [1.165, 1.54) is 4.80 Å². The van der Waals surface area contributed by atoms with E-state index in [4.69, 9.17) is 0 Å². The summed E-state index contributed by atoms with van der Waals surface area (Å²) < 4.78 is 24.2. The van der Waals surface area contributed by atoms with Gasteiger partial charge >= 0.3 is 0 Å². The Bertz CT molecular complexity index is 248. The van der Waals surface area contributed by atoms with Crippen LogP contribution in [0.3, 0.4) is 0 Å². The number of aromatic nitrogens is 3. The Hall–Kier alpha value is -0.520. The smallest absolute Gasteiger partial charge is 0.203 e. The Morgan fingerprint density at radius 3 is 2.45 bits per heavy atom. The van der Waals surface area contributed by atoms with Crippen LogP contribution in [-0.2, 0) is 6.54 Å². The van der Waals surface area contributed by atoms with Gasteiger partial charge in [0.2, 0.25) is 0 Å². The number of rotatable bonds is 2. The molecule has 1 aromatic rings. The van der Waals surface area contributed by atoms with Crippen molar-refractivity contribution in [3.05, 3.63) is 10.3 Å². The molecule has 3 nitrogen and oxygen atoms in total. The molecule has 0 atom stereocenters. The third-order valence-electron chi connectivity index (χ3n) is 1.13. The third kappa shape index (κ3) is 1.74. The molecule has 1 heterocycles. The van der Waals surface area contributed by atoms with Crippen LogP contribution >= 0.6 is 15.9 Å². The summed E-state index contributed by atoms with van der Waals surface area (Å²) in [6.45, 7) is 2.27. The Balaban J connectivity index is 2.97. The van der Waals surface area contributed by atoms with Gasteiger partial charge in [-0.05, 0) is 22.9 Å². The Morgan fingerprint density at radius 1 is 1.55 bits per heavy atom. The van der Waals surface area contributed by atoms with Crippen molar-refractivity contribution in [1.29, 1.82) is 0 Å². The van der Waals surface area contributed by atoms with Crippen molar-refractivity contribution < 1.29 is 8.78 Å². The lowest BCUT2D eigenvalue weighted by Crippen LogP contribution is -1.98.